The second-order valence-corrected chi connectivity index (χ2v) is 3.51. The monoisotopic (exact) mass is 140 g/mol. The van der Waals surface area contributed by atoms with Crippen molar-refractivity contribution in [2.75, 3.05) is 0 Å². The molecule has 0 aromatic carbocycles. The number of hydrogen-bond acceptors (Lipinski definition) is 2. The van der Waals surface area contributed by atoms with Crippen molar-refractivity contribution in [2.24, 2.45) is 5.92 Å². The van der Waals surface area contributed by atoms with E-state index < -0.39 is 5.60 Å². The number of fused-ring (bicyclic) bond motifs is 1. The molecule has 10 heavy (non-hydrogen) atoms. The number of carbonyl (C=O) groups is 1. The van der Waals surface area contributed by atoms with Gasteiger partial charge in [0, 0.05) is 12.3 Å². The fourth-order valence-electron chi connectivity index (χ4n) is 2.33. The summed E-state index contributed by atoms with van der Waals surface area (Å²) in [5.74, 6) is 0.299. The molecule has 0 spiro atoms. The molecule has 1 N–H and O–H groups in total. The highest BCUT2D eigenvalue weighted by atomic mass is 16.3. The number of Topliss-reactive ketones (excluding diaryl/α,β-unsaturated/α-hetero) is 1. The molecule has 0 heterocycles. The lowest BCUT2D eigenvalue weighted by atomic mass is 9.95. The van der Waals surface area contributed by atoms with Crippen molar-refractivity contribution in [3.8, 4) is 0 Å². The summed E-state index contributed by atoms with van der Waals surface area (Å²) in [5.41, 5.74) is -0.572. The summed E-state index contributed by atoms with van der Waals surface area (Å²) in [4.78, 5) is 11.1. The summed E-state index contributed by atoms with van der Waals surface area (Å²) in [6.07, 6.45) is 4.14. The third-order valence-corrected chi connectivity index (χ3v) is 2.94. The third-order valence-electron chi connectivity index (χ3n) is 2.94. The number of aliphatic hydroxyl groups is 1. The summed E-state index contributed by atoms with van der Waals surface area (Å²) >= 11 is 0. The van der Waals surface area contributed by atoms with Gasteiger partial charge in [0.2, 0.25) is 0 Å². The van der Waals surface area contributed by atoms with Gasteiger partial charge in [-0.1, -0.05) is 0 Å². The van der Waals surface area contributed by atoms with Gasteiger partial charge in [-0.3, -0.25) is 4.79 Å². The van der Waals surface area contributed by atoms with Crippen molar-refractivity contribution >= 4 is 5.78 Å². The molecule has 0 amide bonds. The quantitative estimate of drug-likeness (QED) is 0.542. The molecular weight excluding hydrogens is 128 g/mol. The lowest BCUT2D eigenvalue weighted by molar-refractivity contribution is -0.123. The fourth-order valence-corrected chi connectivity index (χ4v) is 2.33. The Balaban J connectivity index is 2.27. The highest BCUT2D eigenvalue weighted by Crippen LogP contribution is 2.45. The fraction of sp³-hybridized carbons (Fsp3) is 0.875. The molecule has 0 saturated heterocycles. The average Bonchev–Trinajstić information content (AvgIpc) is 2.35. The van der Waals surface area contributed by atoms with Crippen LogP contribution in [0.5, 0.6) is 0 Å². The van der Waals surface area contributed by atoms with Crippen LogP contribution in [0.3, 0.4) is 0 Å². The van der Waals surface area contributed by atoms with Crippen molar-refractivity contribution in [1.29, 1.82) is 0 Å². The first-order chi connectivity index (χ1) is 4.72. The molecule has 2 atom stereocenters. The molecule has 2 aliphatic carbocycles. The second kappa shape index (κ2) is 1.82. The minimum atomic E-state index is -0.572. The van der Waals surface area contributed by atoms with Gasteiger partial charge >= 0.3 is 0 Å². The lowest BCUT2D eigenvalue weighted by Gasteiger charge is -2.19. The lowest BCUT2D eigenvalue weighted by Crippen LogP contribution is -2.29. The number of ketones is 1. The standard InChI is InChI=1S/C8H12O2/c9-7-3-5-8(10)4-1-2-6(7)8/h6,10H,1-5H2/t6-,8-/m0/s1. The molecule has 2 saturated carbocycles. The first kappa shape index (κ1) is 6.35. The third kappa shape index (κ3) is 0.655. The largest absolute Gasteiger partial charge is 0.389 e. The van der Waals surface area contributed by atoms with E-state index in [1.165, 1.54) is 0 Å². The Kier molecular flexibility index (Phi) is 1.15. The first-order valence-electron chi connectivity index (χ1n) is 3.97. The Morgan fingerprint density at radius 1 is 1.50 bits per heavy atom. The first-order valence-corrected chi connectivity index (χ1v) is 3.97. The van der Waals surface area contributed by atoms with E-state index in [1.54, 1.807) is 0 Å². The molecule has 2 aliphatic rings. The summed E-state index contributed by atoms with van der Waals surface area (Å²) in [7, 11) is 0. The van der Waals surface area contributed by atoms with Crippen LogP contribution in [0.4, 0.5) is 0 Å². The molecule has 2 heteroatoms. The maximum atomic E-state index is 11.1. The predicted molar refractivity (Wildman–Crippen MR) is 36.5 cm³/mol. The SMILES string of the molecule is O=C1CC[C@@]2(O)CCC[C@@H]12. The number of carbonyl (C=O) groups excluding carboxylic acids is 1. The Morgan fingerprint density at radius 2 is 2.30 bits per heavy atom. The Hall–Kier alpha value is -0.370. The van der Waals surface area contributed by atoms with Crippen molar-refractivity contribution in [3.05, 3.63) is 0 Å². The summed E-state index contributed by atoms with van der Waals surface area (Å²) in [6.45, 7) is 0. The summed E-state index contributed by atoms with van der Waals surface area (Å²) in [6, 6.07) is 0. The highest BCUT2D eigenvalue weighted by Gasteiger charge is 2.49. The second-order valence-electron chi connectivity index (χ2n) is 3.51. The van der Waals surface area contributed by atoms with Crippen molar-refractivity contribution in [2.45, 2.75) is 37.7 Å². The van der Waals surface area contributed by atoms with Gasteiger partial charge in [-0.25, -0.2) is 0 Å². The van der Waals surface area contributed by atoms with Crippen LogP contribution in [0.2, 0.25) is 0 Å². The van der Waals surface area contributed by atoms with Gasteiger partial charge in [-0.05, 0) is 25.7 Å². The normalized spacial score (nSPS) is 46.1. The molecule has 2 nitrogen and oxygen atoms in total. The zero-order valence-corrected chi connectivity index (χ0v) is 5.97. The molecule has 0 aromatic heterocycles. The van der Waals surface area contributed by atoms with Crippen LogP contribution in [0.15, 0.2) is 0 Å². The number of hydrogen-bond donors (Lipinski definition) is 1. The van der Waals surface area contributed by atoms with E-state index in [2.05, 4.69) is 0 Å². The molecule has 0 aromatic rings. The van der Waals surface area contributed by atoms with E-state index in [1.807, 2.05) is 0 Å². The van der Waals surface area contributed by atoms with Crippen molar-refractivity contribution < 1.29 is 9.90 Å². The van der Waals surface area contributed by atoms with E-state index >= 15 is 0 Å². The molecular formula is C8H12O2. The molecule has 2 rings (SSSR count). The molecule has 0 radical (unpaired) electrons. The van der Waals surface area contributed by atoms with Gasteiger partial charge in [0.25, 0.3) is 0 Å². The zero-order chi connectivity index (χ0) is 7.19. The van der Waals surface area contributed by atoms with Crippen LogP contribution < -0.4 is 0 Å². The van der Waals surface area contributed by atoms with Crippen LogP contribution >= 0.6 is 0 Å². The van der Waals surface area contributed by atoms with Gasteiger partial charge in [-0.15, -0.1) is 0 Å². The Bertz CT molecular complexity index is 176. The topological polar surface area (TPSA) is 37.3 Å². The van der Waals surface area contributed by atoms with E-state index in [-0.39, 0.29) is 5.92 Å². The molecule has 56 valence electrons. The van der Waals surface area contributed by atoms with Gasteiger partial charge in [0.1, 0.15) is 5.78 Å². The highest BCUT2D eigenvalue weighted by molar-refractivity contribution is 5.85. The number of rotatable bonds is 0. The maximum absolute atomic E-state index is 11.1. The van der Waals surface area contributed by atoms with Crippen LogP contribution in [-0.2, 0) is 4.79 Å². The Labute approximate surface area is 60.2 Å². The van der Waals surface area contributed by atoms with E-state index in [4.69, 9.17) is 0 Å². The smallest absolute Gasteiger partial charge is 0.138 e. The van der Waals surface area contributed by atoms with Gasteiger partial charge in [-0.2, -0.15) is 0 Å². The Morgan fingerprint density at radius 3 is 3.00 bits per heavy atom. The van der Waals surface area contributed by atoms with Crippen molar-refractivity contribution in [3.63, 3.8) is 0 Å². The predicted octanol–water partition coefficient (Wildman–Crippen LogP) is 0.881. The van der Waals surface area contributed by atoms with Crippen LogP contribution in [-0.4, -0.2) is 16.5 Å². The molecule has 0 aliphatic heterocycles. The summed E-state index contributed by atoms with van der Waals surface area (Å²) < 4.78 is 0. The van der Waals surface area contributed by atoms with E-state index in [0.717, 1.165) is 25.7 Å². The average molecular weight is 140 g/mol. The minimum absolute atomic E-state index is 0.00694. The minimum Gasteiger partial charge on any atom is -0.389 e. The summed E-state index contributed by atoms with van der Waals surface area (Å²) in [5, 5.41) is 9.78. The van der Waals surface area contributed by atoms with Crippen LogP contribution in [0, 0.1) is 5.92 Å². The van der Waals surface area contributed by atoms with Gasteiger partial charge in [0.15, 0.2) is 0 Å². The molecule has 2 fully saturated rings. The van der Waals surface area contributed by atoms with Crippen LogP contribution in [0.1, 0.15) is 32.1 Å². The molecule has 0 unspecified atom stereocenters. The van der Waals surface area contributed by atoms with E-state index in [0.29, 0.717) is 12.2 Å². The van der Waals surface area contributed by atoms with Crippen molar-refractivity contribution in [1.82, 2.24) is 0 Å². The van der Waals surface area contributed by atoms with Crippen LogP contribution in [0.25, 0.3) is 0 Å². The molecule has 0 bridgehead atoms. The van der Waals surface area contributed by atoms with E-state index in [9.17, 15) is 9.90 Å². The van der Waals surface area contributed by atoms with Gasteiger partial charge in [0.05, 0.1) is 5.60 Å². The maximum Gasteiger partial charge on any atom is 0.138 e. The van der Waals surface area contributed by atoms with Gasteiger partial charge < -0.3 is 5.11 Å². The zero-order valence-electron chi connectivity index (χ0n) is 5.97.